The van der Waals surface area contributed by atoms with Crippen LogP contribution >= 0.6 is 0 Å². The summed E-state index contributed by atoms with van der Waals surface area (Å²) in [4.78, 5) is 0. The first-order valence-corrected chi connectivity index (χ1v) is 6.85. The molecule has 0 aliphatic carbocycles. The number of alkyl halides is 3. The van der Waals surface area contributed by atoms with Gasteiger partial charge in [-0.05, 0) is 50.9 Å². The van der Waals surface area contributed by atoms with Crippen molar-refractivity contribution >= 4 is 0 Å². The SMILES string of the molecule is CNC(c1cccc(C(F)(F)F)c1)C1(C)CCCCO1. The van der Waals surface area contributed by atoms with E-state index in [1.54, 1.807) is 13.1 Å². The number of hydrogen-bond donors (Lipinski definition) is 1. The minimum Gasteiger partial charge on any atom is -0.373 e. The van der Waals surface area contributed by atoms with Crippen molar-refractivity contribution in [3.63, 3.8) is 0 Å². The second-order valence-electron chi connectivity index (χ2n) is 5.46. The molecule has 1 saturated heterocycles. The molecule has 1 aliphatic heterocycles. The standard InChI is InChI=1S/C15H20F3NO/c1-14(8-3-4-9-20-14)13(19-2)11-6-5-7-12(10-11)15(16,17)18/h5-7,10,13,19H,3-4,8-9H2,1-2H3. The summed E-state index contributed by atoms with van der Waals surface area (Å²) in [5.41, 5.74) is -0.460. The van der Waals surface area contributed by atoms with Crippen LogP contribution in [0.15, 0.2) is 24.3 Å². The van der Waals surface area contributed by atoms with E-state index in [-0.39, 0.29) is 6.04 Å². The Morgan fingerprint density at radius 1 is 1.30 bits per heavy atom. The Bertz CT molecular complexity index is 453. The van der Waals surface area contributed by atoms with E-state index < -0.39 is 17.3 Å². The van der Waals surface area contributed by atoms with Gasteiger partial charge in [-0.3, -0.25) is 0 Å². The largest absolute Gasteiger partial charge is 0.416 e. The Balaban J connectivity index is 2.32. The zero-order valence-corrected chi connectivity index (χ0v) is 11.8. The highest BCUT2D eigenvalue weighted by molar-refractivity contribution is 5.29. The molecule has 1 aliphatic rings. The van der Waals surface area contributed by atoms with Gasteiger partial charge in [0.25, 0.3) is 0 Å². The number of likely N-dealkylation sites (N-methyl/N-ethyl adjacent to an activating group) is 1. The molecular formula is C15H20F3NO. The van der Waals surface area contributed by atoms with E-state index in [2.05, 4.69) is 5.32 Å². The highest BCUT2D eigenvalue weighted by atomic mass is 19.4. The van der Waals surface area contributed by atoms with Crippen molar-refractivity contribution in [3.8, 4) is 0 Å². The number of halogens is 3. The number of nitrogens with one attached hydrogen (secondary N) is 1. The second kappa shape index (κ2) is 5.74. The molecule has 5 heteroatoms. The first-order chi connectivity index (χ1) is 9.37. The van der Waals surface area contributed by atoms with E-state index in [4.69, 9.17) is 4.74 Å². The predicted molar refractivity (Wildman–Crippen MR) is 71.5 cm³/mol. The van der Waals surface area contributed by atoms with Gasteiger partial charge in [0.2, 0.25) is 0 Å². The molecule has 1 aromatic carbocycles. The molecule has 0 saturated carbocycles. The summed E-state index contributed by atoms with van der Waals surface area (Å²) in [6.45, 7) is 2.63. The zero-order valence-electron chi connectivity index (χ0n) is 11.8. The molecule has 112 valence electrons. The summed E-state index contributed by atoms with van der Waals surface area (Å²) < 4.78 is 44.3. The molecule has 2 atom stereocenters. The van der Waals surface area contributed by atoms with Crippen LogP contribution in [-0.2, 0) is 10.9 Å². The van der Waals surface area contributed by atoms with Crippen LogP contribution in [0, 0.1) is 0 Å². The molecule has 0 spiro atoms. The van der Waals surface area contributed by atoms with Crippen LogP contribution in [0.1, 0.15) is 43.4 Å². The topological polar surface area (TPSA) is 21.3 Å². The Kier molecular flexibility index (Phi) is 4.39. The summed E-state index contributed by atoms with van der Waals surface area (Å²) in [6, 6.07) is 5.24. The summed E-state index contributed by atoms with van der Waals surface area (Å²) in [7, 11) is 1.76. The van der Waals surface area contributed by atoms with Crippen LogP contribution in [0.2, 0.25) is 0 Å². The first kappa shape index (κ1) is 15.3. The van der Waals surface area contributed by atoms with Gasteiger partial charge in [-0.15, -0.1) is 0 Å². The fraction of sp³-hybridized carbons (Fsp3) is 0.600. The summed E-state index contributed by atoms with van der Waals surface area (Å²) in [5, 5.41) is 3.11. The van der Waals surface area contributed by atoms with Crippen LogP contribution in [0.25, 0.3) is 0 Å². The van der Waals surface area contributed by atoms with Crippen molar-refractivity contribution in [1.82, 2.24) is 5.32 Å². The molecule has 0 aromatic heterocycles. The molecule has 1 fully saturated rings. The fourth-order valence-corrected chi connectivity index (χ4v) is 2.90. The summed E-state index contributed by atoms with van der Waals surface area (Å²) in [6.07, 6.45) is -1.43. The van der Waals surface area contributed by atoms with Gasteiger partial charge in [0.05, 0.1) is 17.2 Å². The van der Waals surface area contributed by atoms with E-state index in [1.807, 2.05) is 6.92 Å². The molecular weight excluding hydrogens is 267 g/mol. The highest BCUT2D eigenvalue weighted by Crippen LogP contribution is 2.38. The second-order valence-corrected chi connectivity index (χ2v) is 5.46. The smallest absolute Gasteiger partial charge is 0.373 e. The van der Waals surface area contributed by atoms with E-state index in [0.29, 0.717) is 12.2 Å². The van der Waals surface area contributed by atoms with Crippen LogP contribution in [0.3, 0.4) is 0 Å². The van der Waals surface area contributed by atoms with Crippen molar-refractivity contribution in [3.05, 3.63) is 35.4 Å². The lowest BCUT2D eigenvalue weighted by molar-refractivity contribution is -0.137. The Hall–Kier alpha value is -1.07. The fourth-order valence-electron chi connectivity index (χ4n) is 2.90. The van der Waals surface area contributed by atoms with Gasteiger partial charge in [0.15, 0.2) is 0 Å². The molecule has 2 nitrogen and oxygen atoms in total. The molecule has 0 radical (unpaired) electrons. The molecule has 1 heterocycles. The highest BCUT2D eigenvalue weighted by Gasteiger charge is 2.38. The van der Waals surface area contributed by atoms with Crippen molar-refractivity contribution in [2.45, 2.75) is 44.0 Å². The van der Waals surface area contributed by atoms with Gasteiger partial charge in [-0.1, -0.05) is 12.1 Å². The maximum Gasteiger partial charge on any atom is 0.416 e. The molecule has 1 N–H and O–H groups in total. The lowest BCUT2D eigenvalue weighted by atomic mass is 9.84. The number of ether oxygens (including phenoxy) is 1. The predicted octanol–water partition coefficient (Wildman–Crippen LogP) is 3.93. The van der Waals surface area contributed by atoms with Gasteiger partial charge in [-0.25, -0.2) is 0 Å². The van der Waals surface area contributed by atoms with Crippen molar-refractivity contribution in [2.24, 2.45) is 0 Å². The molecule has 1 aromatic rings. The Morgan fingerprint density at radius 2 is 2.05 bits per heavy atom. The van der Waals surface area contributed by atoms with Gasteiger partial charge in [-0.2, -0.15) is 13.2 Å². The molecule has 20 heavy (non-hydrogen) atoms. The maximum atomic E-state index is 12.8. The monoisotopic (exact) mass is 287 g/mol. The third-order valence-electron chi connectivity index (χ3n) is 3.95. The number of rotatable bonds is 3. The normalized spacial score (nSPS) is 25.4. The average Bonchev–Trinajstić information content (AvgIpc) is 2.39. The van der Waals surface area contributed by atoms with Crippen molar-refractivity contribution < 1.29 is 17.9 Å². The molecule has 0 amide bonds. The van der Waals surface area contributed by atoms with Gasteiger partial charge in [0, 0.05) is 6.61 Å². The van der Waals surface area contributed by atoms with Gasteiger partial charge >= 0.3 is 6.18 Å². The lowest BCUT2D eigenvalue weighted by Gasteiger charge is -2.41. The van der Waals surface area contributed by atoms with E-state index in [9.17, 15) is 13.2 Å². The van der Waals surface area contributed by atoms with Crippen LogP contribution < -0.4 is 5.32 Å². The molecule has 2 rings (SSSR count). The van der Waals surface area contributed by atoms with Crippen LogP contribution in [-0.4, -0.2) is 19.3 Å². The average molecular weight is 287 g/mol. The Labute approximate surface area is 117 Å². The maximum absolute atomic E-state index is 12.8. The van der Waals surface area contributed by atoms with Gasteiger partial charge < -0.3 is 10.1 Å². The van der Waals surface area contributed by atoms with Crippen molar-refractivity contribution in [2.75, 3.05) is 13.7 Å². The zero-order chi connectivity index (χ0) is 14.8. The minimum absolute atomic E-state index is 0.245. The third-order valence-corrected chi connectivity index (χ3v) is 3.95. The third kappa shape index (κ3) is 3.15. The lowest BCUT2D eigenvalue weighted by Crippen LogP contribution is -2.44. The Morgan fingerprint density at radius 3 is 2.60 bits per heavy atom. The quantitative estimate of drug-likeness (QED) is 0.909. The van der Waals surface area contributed by atoms with E-state index in [0.717, 1.165) is 25.3 Å². The first-order valence-electron chi connectivity index (χ1n) is 6.85. The number of hydrogen-bond acceptors (Lipinski definition) is 2. The number of benzene rings is 1. The van der Waals surface area contributed by atoms with Crippen LogP contribution in [0.5, 0.6) is 0 Å². The van der Waals surface area contributed by atoms with E-state index in [1.165, 1.54) is 12.1 Å². The summed E-state index contributed by atoms with van der Waals surface area (Å²) in [5.74, 6) is 0. The van der Waals surface area contributed by atoms with Crippen molar-refractivity contribution in [1.29, 1.82) is 0 Å². The molecule has 0 bridgehead atoms. The van der Waals surface area contributed by atoms with Gasteiger partial charge in [0.1, 0.15) is 0 Å². The minimum atomic E-state index is -4.32. The van der Waals surface area contributed by atoms with Crippen LogP contribution in [0.4, 0.5) is 13.2 Å². The summed E-state index contributed by atoms with van der Waals surface area (Å²) >= 11 is 0. The van der Waals surface area contributed by atoms with E-state index >= 15 is 0 Å². The molecule has 2 unspecified atom stereocenters.